The summed E-state index contributed by atoms with van der Waals surface area (Å²) in [6, 6.07) is 1.77. The Hall–Kier alpha value is -2.91. The molecule has 3 amide bonds. The lowest BCUT2D eigenvalue weighted by Crippen LogP contribution is -2.53. The SMILES string of the molecule is CCOC(=O)N1CCN(C(=O)CC(=O)N2CCN(c3ncccn3)CC2)CC1. The molecule has 0 spiro atoms. The molecule has 2 aliphatic rings. The summed E-state index contributed by atoms with van der Waals surface area (Å²) in [6.45, 7) is 6.15. The molecule has 3 heterocycles. The van der Waals surface area contributed by atoms with Crippen LogP contribution in [-0.4, -0.2) is 102 Å². The van der Waals surface area contributed by atoms with Crippen molar-refractivity contribution in [2.75, 3.05) is 63.9 Å². The van der Waals surface area contributed by atoms with Crippen LogP contribution in [0.5, 0.6) is 0 Å². The van der Waals surface area contributed by atoms with Crippen LogP contribution in [-0.2, 0) is 14.3 Å². The first-order valence-corrected chi connectivity index (χ1v) is 9.57. The van der Waals surface area contributed by atoms with Crippen LogP contribution in [0.2, 0.25) is 0 Å². The largest absolute Gasteiger partial charge is 0.450 e. The molecule has 2 fully saturated rings. The van der Waals surface area contributed by atoms with Crippen LogP contribution in [0.3, 0.4) is 0 Å². The van der Waals surface area contributed by atoms with Gasteiger partial charge in [0.15, 0.2) is 0 Å². The van der Waals surface area contributed by atoms with Gasteiger partial charge in [-0.1, -0.05) is 0 Å². The number of amides is 3. The number of carbonyl (C=O) groups is 3. The summed E-state index contributed by atoms with van der Waals surface area (Å²) in [7, 11) is 0. The molecule has 1 aromatic rings. The van der Waals surface area contributed by atoms with E-state index in [-0.39, 0.29) is 24.3 Å². The van der Waals surface area contributed by atoms with Crippen molar-refractivity contribution in [1.82, 2.24) is 24.7 Å². The minimum atomic E-state index is -0.356. The molecule has 2 aliphatic heterocycles. The Morgan fingerprint density at radius 3 is 1.89 bits per heavy atom. The zero-order chi connectivity index (χ0) is 19.9. The molecule has 0 saturated carbocycles. The van der Waals surface area contributed by atoms with Crippen molar-refractivity contribution >= 4 is 23.9 Å². The van der Waals surface area contributed by atoms with E-state index < -0.39 is 0 Å². The molecule has 0 N–H and O–H groups in total. The molecule has 28 heavy (non-hydrogen) atoms. The van der Waals surface area contributed by atoms with Gasteiger partial charge in [-0.05, 0) is 13.0 Å². The fraction of sp³-hybridized carbons (Fsp3) is 0.611. The predicted octanol–water partition coefficient (Wildman–Crippen LogP) is -0.184. The molecule has 0 aromatic carbocycles. The lowest BCUT2D eigenvalue weighted by molar-refractivity contribution is -0.141. The number of hydrogen-bond acceptors (Lipinski definition) is 7. The highest BCUT2D eigenvalue weighted by Gasteiger charge is 2.28. The lowest BCUT2D eigenvalue weighted by Gasteiger charge is -2.36. The van der Waals surface area contributed by atoms with Gasteiger partial charge in [0.1, 0.15) is 6.42 Å². The standard InChI is InChI=1S/C18H26N6O4/c1-2-28-18(27)24-12-8-22(9-13-24)16(26)14-15(25)21-6-10-23(11-7-21)17-19-4-3-5-20-17/h3-5H,2,6-14H2,1H3. The van der Waals surface area contributed by atoms with Crippen LogP contribution < -0.4 is 4.90 Å². The number of rotatable bonds is 4. The molecular formula is C18H26N6O4. The van der Waals surface area contributed by atoms with Crippen LogP contribution in [0, 0.1) is 0 Å². The number of carbonyl (C=O) groups excluding carboxylic acids is 3. The second-order valence-electron chi connectivity index (χ2n) is 6.66. The van der Waals surface area contributed by atoms with E-state index in [1.165, 1.54) is 0 Å². The normalized spacial score (nSPS) is 17.5. The second-order valence-corrected chi connectivity index (χ2v) is 6.66. The van der Waals surface area contributed by atoms with Gasteiger partial charge < -0.3 is 24.3 Å². The molecule has 1 aromatic heterocycles. The minimum absolute atomic E-state index is 0.138. The monoisotopic (exact) mass is 390 g/mol. The van der Waals surface area contributed by atoms with Gasteiger partial charge in [0.2, 0.25) is 17.8 Å². The van der Waals surface area contributed by atoms with E-state index in [0.29, 0.717) is 64.9 Å². The highest BCUT2D eigenvalue weighted by Crippen LogP contribution is 2.12. The molecule has 0 bridgehead atoms. The minimum Gasteiger partial charge on any atom is -0.450 e. The van der Waals surface area contributed by atoms with Gasteiger partial charge in [-0.25, -0.2) is 14.8 Å². The maximum absolute atomic E-state index is 12.5. The third kappa shape index (κ3) is 4.87. The number of ether oxygens (including phenoxy) is 1. The van der Waals surface area contributed by atoms with Crippen molar-refractivity contribution in [2.45, 2.75) is 13.3 Å². The average molecular weight is 390 g/mol. The quantitative estimate of drug-likeness (QED) is 0.658. The maximum Gasteiger partial charge on any atom is 0.409 e. The van der Waals surface area contributed by atoms with Gasteiger partial charge in [0.05, 0.1) is 6.61 Å². The summed E-state index contributed by atoms with van der Waals surface area (Å²) in [5.41, 5.74) is 0. The lowest BCUT2D eigenvalue weighted by atomic mass is 10.2. The molecule has 0 unspecified atom stereocenters. The third-order valence-corrected chi connectivity index (χ3v) is 4.93. The van der Waals surface area contributed by atoms with Crippen molar-refractivity contribution in [2.24, 2.45) is 0 Å². The first-order chi connectivity index (χ1) is 13.6. The molecule has 152 valence electrons. The zero-order valence-corrected chi connectivity index (χ0v) is 16.1. The number of aromatic nitrogens is 2. The smallest absolute Gasteiger partial charge is 0.409 e. The van der Waals surface area contributed by atoms with E-state index in [2.05, 4.69) is 9.97 Å². The Labute approximate surface area is 164 Å². The van der Waals surface area contributed by atoms with Crippen LogP contribution in [0.25, 0.3) is 0 Å². The van der Waals surface area contributed by atoms with Gasteiger partial charge >= 0.3 is 6.09 Å². The molecule has 0 aliphatic carbocycles. The summed E-state index contributed by atoms with van der Waals surface area (Å²) in [5.74, 6) is 0.305. The van der Waals surface area contributed by atoms with E-state index in [1.807, 2.05) is 4.90 Å². The Kier molecular flexibility index (Phi) is 6.62. The third-order valence-electron chi connectivity index (χ3n) is 4.93. The van der Waals surface area contributed by atoms with Gasteiger partial charge in [-0.15, -0.1) is 0 Å². The van der Waals surface area contributed by atoms with Crippen LogP contribution in [0.1, 0.15) is 13.3 Å². The van der Waals surface area contributed by atoms with Gasteiger partial charge in [0, 0.05) is 64.8 Å². The molecular weight excluding hydrogens is 364 g/mol. The van der Waals surface area contributed by atoms with Crippen LogP contribution in [0.4, 0.5) is 10.7 Å². The van der Waals surface area contributed by atoms with Gasteiger partial charge in [-0.2, -0.15) is 0 Å². The Bertz CT molecular complexity index is 685. The highest BCUT2D eigenvalue weighted by atomic mass is 16.6. The van der Waals surface area contributed by atoms with Crippen LogP contribution in [0.15, 0.2) is 18.5 Å². The van der Waals surface area contributed by atoms with Crippen molar-refractivity contribution in [3.8, 4) is 0 Å². The van der Waals surface area contributed by atoms with Gasteiger partial charge in [-0.3, -0.25) is 9.59 Å². The first-order valence-electron chi connectivity index (χ1n) is 9.57. The number of anilines is 1. The Morgan fingerprint density at radius 1 is 0.857 bits per heavy atom. The molecule has 0 atom stereocenters. The van der Waals surface area contributed by atoms with E-state index in [4.69, 9.17) is 4.74 Å². The number of nitrogens with zero attached hydrogens (tertiary/aromatic N) is 6. The van der Waals surface area contributed by atoms with Crippen molar-refractivity contribution < 1.29 is 19.1 Å². The summed E-state index contributed by atoms with van der Waals surface area (Å²) >= 11 is 0. The average Bonchev–Trinajstić information content (AvgIpc) is 2.74. The fourth-order valence-electron chi connectivity index (χ4n) is 3.32. The van der Waals surface area contributed by atoms with E-state index in [0.717, 1.165) is 0 Å². The molecule has 2 saturated heterocycles. The van der Waals surface area contributed by atoms with E-state index >= 15 is 0 Å². The maximum atomic E-state index is 12.5. The van der Waals surface area contributed by atoms with E-state index in [1.54, 1.807) is 40.1 Å². The molecule has 3 rings (SSSR count). The fourth-order valence-corrected chi connectivity index (χ4v) is 3.32. The highest BCUT2D eigenvalue weighted by molar-refractivity contribution is 5.97. The summed E-state index contributed by atoms with van der Waals surface area (Å²) in [4.78, 5) is 52.1. The first kappa shape index (κ1) is 19.8. The van der Waals surface area contributed by atoms with Crippen molar-refractivity contribution in [3.05, 3.63) is 18.5 Å². The zero-order valence-electron chi connectivity index (χ0n) is 16.1. The van der Waals surface area contributed by atoms with Crippen molar-refractivity contribution in [3.63, 3.8) is 0 Å². The number of hydrogen-bond donors (Lipinski definition) is 0. The Balaban J connectivity index is 1.42. The topological polar surface area (TPSA) is 99.2 Å². The summed E-state index contributed by atoms with van der Waals surface area (Å²) in [6.07, 6.45) is 2.90. The molecule has 10 heteroatoms. The summed E-state index contributed by atoms with van der Waals surface area (Å²) in [5, 5.41) is 0. The summed E-state index contributed by atoms with van der Waals surface area (Å²) < 4.78 is 4.97. The van der Waals surface area contributed by atoms with Gasteiger partial charge in [0.25, 0.3) is 0 Å². The molecule has 10 nitrogen and oxygen atoms in total. The van der Waals surface area contributed by atoms with E-state index in [9.17, 15) is 14.4 Å². The second kappa shape index (κ2) is 9.34. The van der Waals surface area contributed by atoms with Crippen molar-refractivity contribution in [1.29, 1.82) is 0 Å². The predicted molar refractivity (Wildman–Crippen MR) is 101 cm³/mol. The Morgan fingerprint density at radius 2 is 1.36 bits per heavy atom. The number of piperazine rings is 2. The molecule has 0 radical (unpaired) electrons. The van der Waals surface area contributed by atoms with Crippen LogP contribution >= 0.6 is 0 Å².